The van der Waals surface area contributed by atoms with Gasteiger partial charge in [0.2, 0.25) is 0 Å². The molecule has 1 aromatic heterocycles. The molecule has 1 N–H and O–H groups in total. The van der Waals surface area contributed by atoms with Crippen LogP contribution in [0, 0.1) is 0 Å². The third-order valence-electron chi connectivity index (χ3n) is 2.83. The number of rotatable bonds is 6. The molecule has 6 nitrogen and oxygen atoms in total. The van der Waals surface area contributed by atoms with Crippen molar-refractivity contribution in [1.82, 2.24) is 9.78 Å². The third kappa shape index (κ3) is 3.00. The monoisotopic (exact) mass is 295 g/mol. The predicted molar refractivity (Wildman–Crippen MR) is 75.9 cm³/mol. The highest BCUT2D eigenvalue weighted by atomic mass is 32.2. The highest BCUT2D eigenvalue weighted by molar-refractivity contribution is 7.92. The van der Waals surface area contributed by atoms with Gasteiger partial charge in [-0.25, -0.2) is 8.42 Å². The maximum absolute atomic E-state index is 12.6. The molecule has 0 fully saturated rings. The van der Waals surface area contributed by atoms with Crippen molar-refractivity contribution in [3.63, 3.8) is 0 Å². The minimum atomic E-state index is -3.67. The fraction of sp³-hybridized carbons (Fsp3) is 0.308. The molecule has 0 atom stereocenters. The Morgan fingerprint density at radius 3 is 2.55 bits per heavy atom. The van der Waals surface area contributed by atoms with Crippen LogP contribution in [-0.4, -0.2) is 36.5 Å². The molecule has 1 aromatic carbocycles. The highest BCUT2D eigenvalue weighted by Crippen LogP contribution is 2.23. The van der Waals surface area contributed by atoms with E-state index in [0.29, 0.717) is 12.1 Å². The van der Waals surface area contributed by atoms with Crippen molar-refractivity contribution in [2.24, 2.45) is 7.05 Å². The molecule has 0 amide bonds. The van der Waals surface area contributed by atoms with Gasteiger partial charge < -0.3 is 5.11 Å². The van der Waals surface area contributed by atoms with E-state index < -0.39 is 10.0 Å². The quantitative estimate of drug-likeness (QED) is 0.862. The molecule has 0 aliphatic carbocycles. The molecular weight excluding hydrogens is 278 g/mol. The fourth-order valence-electron chi connectivity index (χ4n) is 1.86. The van der Waals surface area contributed by atoms with Crippen molar-refractivity contribution in [3.05, 3.63) is 42.7 Å². The lowest BCUT2D eigenvalue weighted by molar-refractivity contribution is 0.291. The number of aliphatic hydroxyl groups excluding tert-OH is 1. The second kappa shape index (κ2) is 6.06. The summed E-state index contributed by atoms with van der Waals surface area (Å²) >= 11 is 0. The molecule has 2 rings (SSSR count). The Bertz CT molecular complexity index is 653. The summed E-state index contributed by atoms with van der Waals surface area (Å²) in [5.41, 5.74) is 0.574. The first kappa shape index (κ1) is 14.5. The van der Waals surface area contributed by atoms with Crippen LogP contribution < -0.4 is 4.31 Å². The van der Waals surface area contributed by atoms with E-state index in [-0.39, 0.29) is 18.0 Å². The van der Waals surface area contributed by atoms with Gasteiger partial charge in [0.25, 0.3) is 10.0 Å². The molecule has 0 radical (unpaired) electrons. The molecule has 0 unspecified atom stereocenters. The first-order valence-electron chi connectivity index (χ1n) is 6.23. The smallest absolute Gasteiger partial charge is 0.267 e. The minimum Gasteiger partial charge on any atom is -0.396 e. The van der Waals surface area contributed by atoms with Gasteiger partial charge in [-0.1, -0.05) is 18.2 Å². The van der Waals surface area contributed by atoms with E-state index in [0.717, 1.165) is 0 Å². The second-order valence-electron chi connectivity index (χ2n) is 4.34. The Hall–Kier alpha value is -1.86. The summed E-state index contributed by atoms with van der Waals surface area (Å²) in [4.78, 5) is 0.141. The van der Waals surface area contributed by atoms with Crippen LogP contribution in [0.4, 0.5) is 5.69 Å². The molecule has 0 spiro atoms. The first-order valence-corrected chi connectivity index (χ1v) is 7.67. The molecule has 0 aliphatic heterocycles. The van der Waals surface area contributed by atoms with Gasteiger partial charge in [-0.2, -0.15) is 5.10 Å². The number of aryl methyl sites for hydroxylation is 1. The standard InChI is InChI=1S/C13H17N3O3S/c1-15-11-13(10-14-15)20(18,19)16(8-5-9-17)12-6-3-2-4-7-12/h2-4,6-7,10-11,17H,5,8-9H2,1H3. The maximum Gasteiger partial charge on any atom is 0.267 e. The van der Waals surface area contributed by atoms with Gasteiger partial charge in [-0.3, -0.25) is 8.99 Å². The average molecular weight is 295 g/mol. The minimum absolute atomic E-state index is 0.0636. The molecule has 0 saturated heterocycles. The maximum atomic E-state index is 12.6. The van der Waals surface area contributed by atoms with E-state index in [1.165, 1.54) is 21.4 Å². The molecule has 7 heteroatoms. The Kier molecular flexibility index (Phi) is 4.41. The van der Waals surface area contributed by atoms with Gasteiger partial charge in [0.15, 0.2) is 0 Å². The largest absolute Gasteiger partial charge is 0.396 e. The number of sulfonamides is 1. The zero-order valence-electron chi connectivity index (χ0n) is 11.2. The van der Waals surface area contributed by atoms with Crippen molar-refractivity contribution < 1.29 is 13.5 Å². The summed E-state index contributed by atoms with van der Waals surface area (Å²) in [6, 6.07) is 8.83. The second-order valence-corrected chi connectivity index (χ2v) is 6.20. The van der Waals surface area contributed by atoms with E-state index in [9.17, 15) is 8.42 Å². The fourth-order valence-corrected chi connectivity index (χ4v) is 3.35. The van der Waals surface area contributed by atoms with Crippen molar-refractivity contribution in [1.29, 1.82) is 0 Å². The Morgan fingerprint density at radius 1 is 1.30 bits per heavy atom. The van der Waals surface area contributed by atoms with Gasteiger partial charge >= 0.3 is 0 Å². The number of hydrogen-bond acceptors (Lipinski definition) is 4. The lowest BCUT2D eigenvalue weighted by atomic mass is 10.3. The van der Waals surface area contributed by atoms with Crippen molar-refractivity contribution in [2.45, 2.75) is 11.3 Å². The van der Waals surface area contributed by atoms with E-state index >= 15 is 0 Å². The van der Waals surface area contributed by atoms with Crippen LogP contribution in [0.2, 0.25) is 0 Å². The summed E-state index contributed by atoms with van der Waals surface area (Å²) in [5, 5.41) is 12.9. The zero-order valence-corrected chi connectivity index (χ0v) is 12.0. The number of para-hydroxylation sites is 1. The summed E-state index contributed by atoms with van der Waals surface area (Å²) < 4.78 is 28.0. The van der Waals surface area contributed by atoms with Gasteiger partial charge in [0, 0.05) is 26.4 Å². The van der Waals surface area contributed by atoms with Crippen LogP contribution in [0.15, 0.2) is 47.6 Å². The molecule has 0 saturated carbocycles. The number of nitrogens with zero attached hydrogens (tertiary/aromatic N) is 3. The molecule has 0 bridgehead atoms. The normalized spacial score (nSPS) is 11.5. The van der Waals surface area contributed by atoms with E-state index in [4.69, 9.17) is 5.11 Å². The van der Waals surface area contributed by atoms with Crippen molar-refractivity contribution >= 4 is 15.7 Å². The number of anilines is 1. The lowest BCUT2D eigenvalue weighted by Gasteiger charge is -2.23. The van der Waals surface area contributed by atoms with Crippen LogP contribution in [-0.2, 0) is 17.1 Å². The Labute approximate surface area is 118 Å². The SMILES string of the molecule is Cn1cc(S(=O)(=O)N(CCCO)c2ccccc2)cn1. The van der Waals surface area contributed by atoms with Gasteiger partial charge in [-0.05, 0) is 18.6 Å². The van der Waals surface area contributed by atoms with Gasteiger partial charge in [0.05, 0.1) is 11.9 Å². The number of benzene rings is 1. The number of aromatic nitrogens is 2. The van der Waals surface area contributed by atoms with Crippen molar-refractivity contribution in [3.8, 4) is 0 Å². The van der Waals surface area contributed by atoms with E-state index in [1.54, 1.807) is 31.3 Å². The summed E-state index contributed by atoms with van der Waals surface area (Å²) in [6.45, 7) is 0.156. The van der Waals surface area contributed by atoms with Crippen LogP contribution in [0.5, 0.6) is 0 Å². The molecule has 0 aliphatic rings. The van der Waals surface area contributed by atoms with Crippen molar-refractivity contribution in [2.75, 3.05) is 17.5 Å². The number of aliphatic hydroxyl groups is 1. The molecule has 2 aromatic rings. The van der Waals surface area contributed by atoms with Crippen LogP contribution >= 0.6 is 0 Å². The van der Waals surface area contributed by atoms with E-state index in [2.05, 4.69) is 5.10 Å². The topological polar surface area (TPSA) is 75.4 Å². The van der Waals surface area contributed by atoms with Crippen LogP contribution in [0.1, 0.15) is 6.42 Å². The molecule has 108 valence electrons. The summed E-state index contributed by atoms with van der Waals surface area (Å²) in [5.74, 6) is 0. The van der Waals surface area contributed by atoms with Crippen LogP contribution in [0.25, 0.3) is 0 Å². The lowest BCUT2D eigenvalue weighted by Crippen LogP contribution is -2.32. The Morgan fingerprint density at radius 2 is 2.00 bits per heavy atom. The average Bonchev–Trinajstić information content (AvgIpc) is 2.88. The van der Waals surface area contributed by atoms with E-state index in [1.807, 2.05) is 6.07 Å². The highest BCUT2D eigenvalue weighted by Gasteiger charge is 2.25. The molecule has 1 heterocycles. The van der Waals surface area contributed by atoms with Gasteiger partial charge in [0.1, 0.15) is 4.90 Å². The summed E-state index contributed by atoms with van der Waals surface area (Å²) in [7, 11) is -2.00. The molecule has 20 heavy (non-hydrogen) atoms. The third-order valence-corrected chi connectivity index (χ3v) is 4.61. The first-order chi connectivity index (χ1) is 9.55. The predicted octanol–water partition coefficient (Wildman–Crippen LogP) is 0.998. The Balaban J connectivity index is 2.40. The number of hydrogen-bond donors (Lipinski definition) is 1. The molecular formula is C13H17N3O3S. The van der Waals surface area contributed by atoms with Gasteiger partial charge in [-0.15, -0.1) is 0 Å². The summed E-state index contributed by atoms with van der Waals surface area (Å²) in [6.07, 6.45) is 3.16. The van der Waals surface area contributed by atoms with Crippen LogP contribution in [0.3, 0.4) is 0 Å². The zero-order chi connectivity index (χ0) is 14.6.